The fourth-order valence-electron chi connectivity index (χ4n) is 2.53. The van der Waals surface area contributed by atoms with Gasteiger partial charge in [0.15, 0.2) is 5.13 Å². The van der Waals surface area contributed by atoms with Gasteiger partial charge < -0.3 is 10.6 Å². The summed E-state index contributed by atoms with van der Waals surface area (Å²) in [5.41, 5.74) is 7.54. The van der Waals surface area contributed by atoms with Crippen molar-refractivity contribution in [1.82, 2.24) is 19.6 Å². The molecule has 0 saturated heterocycles. The Balaban J connectivity index is 1.73. The second-order valence-corrected chi connectivity index (χ2v) is 7.16. The number of hydrogen-bond donors (Lipinski definition) is 1. The lowest BCUT2D eigenvalue weighted by atomic mass is 10.2. The molecule has 0 unspecified atom stereocenters. The molecule has 22 heavy (non-hydrogen) atoms. The summed E-state index contributed by atoms with van der Waals surface area (Å²) >= 11 is 2.97. The van der Waals surface area contributed by atoms with Crippen LogP contribution in [0.2, 0.25) is 0 Å². The first-order chi connectivity index (χ1) is 10.6. The molecule has 0 fully saturated rings. The van der Waals surface area contributed by atoms with Gasteiger partial charge in [-0.15, -0.1) is 16.4 Å². The number of aryl methyl sites for hydroxylation is 1. The lowest BCUT2D eigenvalue weighted by Crippen LogP contribution is -2.29. The maximum absolute atomic E-state index is 12.1. The molecule has 0 aromatic carbocycles. The summed E-state index contributed by atoms with van der Waals surface area (Å²) in [6.45, 7) is 3.55. The number of nitrogens with zero attached hydrogens (tertiary/aromatic N) is 5. The van der Waals surface area contributed by atoms with Crippen LogP contribution in [0.25, 0.3) is 4.96 Å². The lowest BCUT2D eigenvalue weighted by Gasteiger charge is -2.24. The van der Waals surface area contributed by atoms with E-state index in [1.165, 1.54) is 32.1 Å². The average molecular weight is 334 g/mol. The van der Waals surface area contributed by atoms with Gasteiger partial charge in [0.2, 0.25) is 10.1 Å². The Bertz CT molecular complexity index is 911. The summed E-state index contributed by atoms with van der Waals surface area (Å²) in [4.78, 5) is 24.9. The van der Waals surface area contributed by atoms with Crippen LogP contribution in [0, 0.1) is 0 Å². The van der Waals surface area contributed by atoms with E-state index in [0.717, 1.165) is 42.5 Å². The Morgan fingerprint density at radius 2 is 2.23 bits per heavy atom. The van der Waals surface area contributed by atoms with E-state index in [1.54, 1.807) is 6.07 Å². The third kappa shape index (κ3) is 2.17. The van der Waals surface area contributed by atoms with Crippen molar-refractivity contribution >= 4 is 37.9 Å². The first kappa shape index (κ1) is 13.6. The van der Waals surface area contributed by atoms with Gasteiger partial charge in [-0.25, -0.2) is 9.97 Å². The van der Waals surface area contributed by atoms with E-state index in [9.17, 15) is 4.79 Å². The molecule has 3 aromatic heterocycles. The molecule has 1 aliphatic heterocycles. The van der Waals surface area contributed by atoms with Crippen molar-refractivity contribution in [3.63, 3.8) is 0 Å². The van der Waals surface area contributed by atoms with Gasteiger partial charge in [-0.3, -0.25) is 4.79 Å². The van der Waals surface area contributed by atoms with E-state index >= 15 is 0 Å². The van der Waals surface area contributed by atoms with E-state index in [0.29, 0.717) is 10.1 Å². The van der Waals surface area contributed by atoms with Gasteiger partial charge >= 0.3 is 0 Å². The van der Waals surface area contributed by atoms with Gasteiger partial charge in [0.05, 0.1) is 12.2 Å². The SMILES string of the molecule is CCc1cc(=O)n2nc(N3CCc4nc(N)sc4C3)sc2n1. The van der Waals surface area contributed by atoms with Crippen LogP contribution in [-0.4, -0.2) is 26.1 Å². The molecular formula is C13H14N6OS2. The van der Waals surface area contributed by atoms with Crippen LogP contribution in [0.1, 0.15) is 23.2 Å². The molecular weight excluding hydrogens is 320 g/mol. The zero-order valence-corrected chi connectivity index (χ0v) is 13.6. The number of aromatic nitrogens is 4. The number of fused-ring (bicyclic) bond motifs is 2. The summed E-state index contributed by atoms with van der Waals surface area (Å²) < 4.78 is 1.38. The summed E-state index contributed by atoms with van der Waals surface area (Å²) in [6.07, 6.45) is 1.59. The fraction of sp³-hybridized carbons (Fsp3) is 0.385. The molecule has 2 N–H and O–H groups in total. The van der Waals surface area contributed by atoms with E-state index in [1.807, 2.05) is 6.92 Å². The molecule has 1 aliphatic rings. The van der Waals surface area contributed by atoms with Crippen LogP contribution in [0.4, 0.5) is 10.3 Å². The topological polar surface area (TPSA) is 89.4 Å². The minimum Gasteiger partial charge on any atom is -0.375 e. The molecule has 0 saturated carbocycles. The van der Waals surface area contributed by atoms with Gasteiger partial charge in [-0.05, 0) is 6.42 Å². The number of nitrogens with two attached hydrogens (primary N) is 1. The van der Waals surface area contributed by atoms with Crippen molar-refractivity contribution in [3.05, 3.63) is 32.7 Å². The maximum atomic E-state index is 12.1. The van der Waals surface area contributed by atoms with Crippen LogP contribution < -0.4 is 16.2 Å². The first-order valence-electron chi connectivity index (χ1n) is 7.03. The Labute approximate surface area is 134 Å². The van der Waals surface area contributed by atoms with E-state index in [2.05, 4.69) is 20.0 Å². The van der Waals surface area contributed by atoms with Crippen molar-refractivity contribution in [2.75, 3.05) is 17.2 Å². The molecule has 4 rings (SSSR count). The number of nitrogen functional groups attached to an aromatic ring is 1. The zero-order chi connectivity index (χ0) is 15.3. The van der Waals surface area contributed by atoms with E-state index < -0.39 is 0 Å². The third-order valence-corrected chi connectivity index (χ3v) is 5.55. The molecule has 0 amide bonds. The second kappa shape index (κ2) is 5.03. The number of thiazole rings is 1. The van der Waals surface area contributed by atoms with Crippen molar-refractivity contribution in [1.29, 1.82) is 0 Å². The van der Waals surface area contributed by atoms with Crippen LogP contribution in [0.15, 0.2) is 10.9 Å². The summed E-state index contributed by atoms with van der Waals surface area (Å²) in [5, 5.41) is 5.86. The standard InChI is InChI=1S/C13H14N6OS2/c1-2-7-5-10(20)19-12(15-7)22-13(17-19)18-4-3-8-9(6-18)21-11(14)16-8/h5H,2-4,6H2,1H3,(H2,14,16). The summed E-state index contributed by atoms with van der Waals surface area (Å²) in [7, 11) is 0. The Morgan fingerprint density at radius 1 is 1.36 bits per heavy atom. The predicted molar refractivity (Wildman–Crippen MR) is 87.8 cm³/mol. The van der Waals surface area contributed by atoms with Crippen LogP contribution in [0.3, 0.4) is 0 Å². The van der Waals surface area contributed by atoms with Gasteiger partial charge in [-0.2, -0.15) is 4.52 Å². The number of hydrogen-bond acceptors (Lipinski definition) is 8. The highest BCUT2D eigenvalue weighted by molar-refractivity contribution is 7.20. The van der Waals surface area contributed by atoms with Crippen molar-refractivity contribution in [2.45, 2.75) is 26.3 Å². The highest BCUT2D eigenvalue weighted by atomic mass is 32.1. The highest BCUT2D eigenvalue weighted by Crippen LogP contribution is 2.31. The van der Waals surface area contributed by atoms with Gasteiger partial charge in [0.1, 0.15) is 0 Å². The lowest BCUT2D eigenvalue weighted by molar-refractivity contribution is 0.715. The summed E-state index contributed by atoms with van der Waals surface area (Å²) in [5.74, 6) is 0. The van der Waals surface area contributed by atoms with E-state index in [-0.39, 0.29) is 5.56 Å². The Kier molecular flexibility index (Phi) is 3.12. The molecule has 0 spiro atoms. The second-order valence-electron chi connectivity index (χ2n) is 5.11. The molecule has 0 radical (unpaired) electrons. The monoisotopic (exact) mass is 334 g/mol. The predicted octanol–water partition coefficient (Wildman–Crippen LogP) is 1.31. The van der Waals surface area contributed by atoms with Gasteiger partial charge in [0.25, 0.3) is 5.56 Å². The molecule has 0 atom stereocenters. The molecule has 3 aromatic rings. The van der Waals surface area contributed by atoms with Crippen molar-refractivity contribution in [3.8, 4) is 0 Å². The van der Waals surface area contributed by atoms with Crippen LogP contribution >= 0.6 is 22.7 Å². The number of anilines is 2. The average Bonchev–Trinajstić information content (AvgIpc) is 3.08. The first-order valence-corrected chi connectivity index (χ1v) is 8.66. The normalized spacial score (nSPS) is 14.5. The summed E-state index contributed by atoms with van der Waals surface area (Å²) in [6, 6.07) is 1.55. The molecule has 4 heterocycles. The highest BCUT2D eigenvalue weighted by Gasteiger charge is 2.23. The minimum absolute atomic E-state index is 0.121. The van der Waals surface area contributed by atoms with Crippen LogP contribution in [-0.2, 0) is 19.4 Å². The van der Waals surface area contributed by atoms with Gasteiger partial charge in [0, 0.05) is 29.6 Å². The van der Waals surface area contributed by atoms with Gasteiger partial charge in [-0.1, -0.05) is 18.3 Å². The molecule has 7 nitrogen and oxygen atoms in total. The largest absolute Gasteiger partial charge is 0.375 e. The number of rotatable bonds is 2. The third-order valence-electron chi connectivity index (χ3n) is 3.67. The molecule has 9 heteroatoms. The van der Waals surface area contributed by atoms with Crippen LogP contribution in [0.5, 0.6) is 0 Å². The van der Waals surface area contributed by atoms with E-state index in [4.69, 9.17) is 5.73 Å². The smallest absolute Gasteiger partial charge is 0.275 e. The maximum Gasteiger partial charge on any atom is 0.275 e. The molecule has 0 aliphatic carbocycles. The van der Waals surface area contributed by atoms with Crippen molar-refractivity contribution in [2.24, 2.45) is 0 Å². The minimum atomic E-state index is -0.121. The van der Waals surface area contributed by atoms with Crippen molar-refractivity contribution < 1.29 is 0 Å². The zero-order valence-electron chi connectivity index (χ0n) is 11.9. The molecule has 114 valence electrons. The molecule has 0 bridgehead atoms. The quantitative estimate of drug-likeness (QED) is 0.760. The Morgan fingerprint density at radius 3 is 3.05 bits per heavy atom. The fourth-order valence-corrected chi connectivity index (χ4v) is 4.38. The Hall–Kier alpha value is -2.00.